The zero-order valence-corrected chi connectivity index (χ0v) is 5.73. The zero-order chi connectivity index (χ0) is 6.57. The second-order valence-corrected chi connectivity index (χ2v) is 2.06. The number of carbonyl (C=O) groups excluding carboxylic acids is 1. The van der Waals surface area contributed by atoms with Gasteiger partial charge in [-0.15, -0.1) is 11.6 Å². The molecule has 0 heterocycles. The van der Waals surface area contributed by atoms with Gasteiger partial charge in [-0.05, 0) is 6.92 Å². The summed E-state index contributed by atoms with van der Waals surface area (Å²) in [5.41, 5.74) is 0. The van der Waals surface area contributed by atoms with Gasteiger partial charge in [-0.3, -0.25) is 4.79 Å². The van der Waals surface area contributed by atoms with Crippen molar-refractivity contribution in [3.63, 3.8) is 0 Å². The second-order valence-electron chi connectivity index (χ2n) is 1.53. The standard InChI is InChI=1S/C5H9ClO2/c1-4(7)5(6)3-8-2/h5H,3H2,1-2H3. The van der Waals surface area contributed by atoms with Crippen LogP contribution in [-0.2, 0) is 9.53 Å². The van der Waals surface area contributed by atoms with Crippen molar-refractivity contribution >= 4 is 17.4 Å². The lowest BCUT2D eigenvalue weighted by molar-refractivity contribution is -0.117. The lowest BCUT2D eigenvalue weighted by Crippen LogP contribution is -2.15. The van der Waals surface area contributed by atoms with Crippen LogP contribution in [0.4, 0.5) is 0 Å². The van der Waals surface area contributed by atoms with Crippen LogP contribution >= 0.6 is 11.6 Å². The first kappa shape index (κ1) is 7.92. The first-order valence-corrected chi connectivity index (χ1v) is 2.75. The Balaban J connectivity index is 3.32. The number of hydrogen-bond donors (Lipinski definition) is 0. The average Bonchev–Trinajstić information content (AvgIpc) is 1.67. The Hall–Kier alpha value is -0.0800. The predicted molar refractivity (Wildman–Crippen MR) is 32.2 cm³/mol. The molecule has 1 atom stereocenters. The normalized spacial score (nSPS) is 13.4. The highest BCUT2D eigenvalue weighted by atomic mass is 35.5. The number of halogens is 1. The quantitative estimate of drug-likeness (QED) is 0.538. The van der Waals surface area contributed by atoms with Crippen molar-refractivity contribution in [3.8, 4) is 0 Å². The van der Waals surface area contributed by atoms with Crippen LogP contribution < -0.4 is 0 Å². The van der Waals surface area contributed by atoms with Gasteiger partial charge < -0.3 is 4.74 Å². The van der Waals surface area contributed by atoms with Gasteiger partial charge >= 0.3 is 0 Å². The summed E-state index contributed by atoms with van der Waals surface area (Å²) in [5, 5.41) is -0.472. The van der Waals surface area contributed by atoms with E-state index >= 15 is 0 Å². The van der Waals surface area contributed by atoms with Crippen LogP contribution in [0.2, 0.25) is 0 Å². The lowest BCUT2D eigenvalue weighted by atomic mass is 10.3. The summed E-state index contributed by atoms with van der Waals surface area (Å²) in [4.78, 5) is 10.3. The first-order valence-electron chi connectivity index (χ1n) is 2.32. The third-order valence-corrected chi connectivity index (χ3v) is 1.19. The Morgan fingerprint density at radius 2 is 2.38 bits per heavy atom. The highest BCUT2D eigenvalue weighted by molar-refractivity contribution is 6.30. The summed E-state index contributed by atoms with van der Waals surface area (Å²) in [6.45, 7) is 1.74. The molecule has 2 nitrogen and oxygen atoms in total. The summed E-state index contributed by atoms with van der Waals surface area (Å²) in [5.74, 6) is -0.0477. The van der Waals surface area contributed by atoms with E-state index in [2.05, 4.69) is 4.74 Å². The fourth-order valence-electron chi connectivity index (χ4n) is 0.264. The van der Waals surface area contributed by atoms with E-state index in [0.717, 1.165) is 0 Å². The van der Waals surface area contributed by atoms with E-state index in [-0.39, 0.29) is 5.78 Å². The molecule has 3 heteroatoms. The van der Waals surface area contributed by atoms with Gasteiger partial charge in [-0.25, -0.2) is 0 Å². The van der Waals surface area contributed by atoms with Crippen molar-refractivity contribution in [2.24, 2.45) is 0 Å². The van der Waals surface area contributed by atoms with Gasteiger partial charge in [0.05, 0.1) is 6.61 Å². The number of rotatable bonds is 3. The molecule has 0 fully saturated rings. The highest BCUT2D eigenvalue weighted by Crippen LogP contribution is 1.95. The van der Waals surface area contributed by atoms with Crippen LogP contribution in [0.25, 0.3) is 0 Å². The topological polar surface area (TPSA) is 26.3 Å². The maximum absolute atomic E-state index is 10.3. The molecule has 0 radical (unpaired) electrons. The van der Waals surface area contributed by atoms with E-state index in [4.69, 9.17) is 11.6 Å². The number of carbonyl (C=O) groups is 1. The van der Waals surface area contributed by atoms with E-state index in [1.807, 2.05) is 0 Å². The first-order chi connectivity index (χ1) is 3.68. The number of ketones is 1. The molecule has 1 unspecified atom stereocenters. The van der Waals surface area contributed by atoms with Crippen LogP contribution in [0, 0.1) is 0 Å². The molecule has 0 saturated heterocycles. The molecule has 8 heavy (non-hydrogen) atoms. The number of Topliss-reactive ketones (excluding diaryl/α,β-unsaturated/α-hetero) is 1. The molecule has 48 valence electrons. The summed E-state index contributed by atoms with van der Waals surface area (Å²) in [6, 6.07) is 0. The molecule has 0 aromatic heterocycles. The summed E-state index contributed by atoms with van der Waals surface area (Å²) >= 11 is 5.44. The minimum atomic E-state index is -0.472. The number of alkyl halides is 1. The number of methoxy groups -OCH3 is 1. The van der Waals surface area contributed by atoms with Crippen molar-refractivity contribution in [1.29, 1.82) is 0 Å². The molecule has 0 saturated carbocycles. The van der Waals surface area contributed by atoms with Crippen molar-refractivity contribution in [1.82, 2.24) is 0 Å². The van der Waals surface area contributed by atoms with Crippen molar-refractivity contribution in [2.75, 3.05) is 13.7 Å². The van der Waals surface area contributed by atoms with Gasteiger partial charge in [0.15, 0.2) is 0 Å². The van der Waals surface area contributed by atoms with Gasteiger partial charge in [0.2, 0.25) is 0 Å². The van der Waals surface area contributed by atoms with Gasteiger partial charge in [0, 0.05) is 7.11 Å². The van der Waals surface area contributed by atoms with Gasteiger partial charge in [0.1, 0.15) is 11.2 Å². The van der Waals surface area contributed by atoms with Crippen LogP contribution in [0.1, 0.15) is 6.92 Å². The van der Waals surface area contributed by atoms with Crippen molar-refractivity contribution < 1.29 is 9.53 Å². The molecule has 0 aliphatic rings. The third kappa shape index (κ3) is 2.99. The molecule has 0 rings (SSSR count). The van der Waals surface area contributed by atoms with E-state index in [1.54, 1.807) is 0 Å². The SMILES string of the molecule is COCC(Cl)C(C)=O. The fourth-order valence-corrected chi connectivity index (χ4v) is 0.390. The number of ether oxygens (including phenoxy) is 1. The van der Waals surface area contributed by atoms with E-state index in [1.165, 1.54) is 14.0 Å². The fraction of sp³-hybridized carbons (Fsp3) is 0.800. The van der Waals surface area contributed by atoms with E-state index in [0.29, 0.717) is 6.61 Å². The van der Waals surface area contributed by atoms with Crippen LogP contribution in [0.15, 0.2) is 0 Å². The third-order valence-electron chi connectivity index (χ3n) is 0.754. The molecule has 0 aromatic carbocycles. The van der Waals surface area contributed by atoms with Gasteiger partial charge in [-0.1, -0.05) is 0 Å². The van der Waals surface area contributed by atoms with Crippen LogP contribution in [0.5, 0.6) is 0 Å². The Bertz CT molecular complexity index is 82.5. The van der Waals surface area contributed by atoms with Crippen molar-refractivity contribution in [3.05, 3.63) is 0 Å². The minimum Gasteiger partial charge on any atom is -0.383 e. The maximum Gasteiger partial charge on any atom is 0.149 e. The Kier molecular flexibility index (Phi) is 3.83. The molecule has 0 aliphatic carbocycles. The van der Waals surface area contributed by atoms with E-state index in [9.17, 15) is 4.79 Å². The van der Waals surface area contributed by atoms with E-state index < -0.39 is 5.38 Å². The molecular weight excluding hydrogens is 128 g/mol. The second kappa shape index (κ2) is 3.87. The smallest absolute Gasteiger partial charge is 0.149 e. The van der Waals surface area contributed by atoms with Crippen molar-refractivity contribution in [2.45, 2.75) is 12.3 Å². The number of hydrogen-bond acceptors (Lipinski definition) is 2. The average molecular weight is 137 g/mol. The largest absolute Gasteiger partial charge is 0.383 e. The lowest BCUT2D eigenvalue weighted by Gasteiger charge is -2.00. The molecule has 0 spiro atoms. The molecule has 0 aliphatic heterocycles. The molecular formula is C5H9ClO2. The molecule has 0 bridgehead atoms. The molecule has 0 N–H and O–H groups in total. The Labute approximate surface area is 53.8 Å². The monoisotopic (exact) mass is 136 g/mol. The van der Waals surface area contributed by atoms with Crippen LogP contribution in [-0.4, -0.2) is 24.9 Å². The van der Waals surface area contributed by atoms with Crippen LogP contribution in [0.3, 0.4) is 0 Å². The maximum atomic E-state index is 10.3. The molecule has 0 aromatic rings. The van der Waals surface area contributed by atoms with Gasteiger partial charge in [0.25, 0.3) is 0 Å². The highest BCUT2D eigenvalue weighted by Gasteiger charge is 2.07. The van der Waals surface area contributed by atoms with Gasteiger partial charge in [-0.2, -0.15) is 0 Å². The predicted octanol–water partition coefficient (Wildman–Crippen LogP) is 0.829. The molecule has 0 amide bonds. The summed E-state index contributed by atoms with van der Waals surface area (Å²) in [7, 11) is 1.51. The zero-order valence-electron chi connectivity index (χ0n) is 4.98. The summed E-state index contributed by atoms with van der Waals surface area (Å²) < 4.78 is 4.61. The Morgan fingerprint density at radius 3 is 2.50 bits per heavy atom. The minimum absolute atomic E-state index is 0.0477. The summed E-state index contributed by atoms with van der Waals surface area (Å²) in [6.07, 6.45) is 0. The Morgan fingerprint density at radius 1 is 1.88 bits per heavy atom.